The van der Waals surface area contributed by atoms with Crippen LogP contribution in [0.3, 0.4) is 0 Å². The van der Waals surface area contributed by atoms with E-state index in [1.807, 2.05) is 0 Å². The molecule has 0 aromatic heterocycles. The smallest absolute Gasteiger partial charge is 0.125 e. The number of methoxy groups -OCH3 is 2. The number of benzene rings is 2. The summed E-state index contributed by atoms with van der Waals surface area (Å²) >= 11 is 0. The van der Waals surface area contributed by atoms with E-state index in [1.54, 1.807) is 14.2 Å². The van der Waals surface area contributed by atoms with Crippen molar-refractivity contribution >= 4 is 0 Å². The molecule has 0 saturated heterocycles. The van der Waals surface area contributed by atoms with Crippen molar-refractivity contribution in [3.63, 3.8) is 0 Å². The van der Waals surface area contributed by atoms with Gasteiger partial charge in [0.1, 0.15) is 18.1 Å². The molecule has 0 spiro atoms. The standard InChI is InChI=1S/C20H26O3/c1-13-9-17(10-14(2)19(13)22-6)18-11-15(3)20(16(4)12-18)23-8-7-21-5/h9-12H,7-8H2,1-6H3. The van der Waals surface area contributed by atoms with Crippen LogP contribution in [0, 0.1) is 27.7 Å². The molecule has 0 unspecified atom stereocenters. The first-order valence-electron chi connectivity index (χ1n) is 7.86. The zero-order chi connectivity index (χ0) is 17.0. The summed E-state index contributed by atoms with van der Waals surface area (Å²) in [5.74, 6) is 1.91. The summed E-state index contributed by atoms with van der Waals surface area (Å²) in [4.78, 5) is 0. The average molecular weight is 314 g/mol. The van der Waals surface area contributed by atoms with Gasteiger partial charge >= 0.3 is 0 Å². The Labute approximate surface area is 139 Å². The molecule has 0 bridgehead atoms. The van der Waals surface area contributed by atoms with Crippen LogP contribution in [0.4, 0.5) is 0 Å². The van der Waals surface area contributed by atoms with Gasteiger partial charge in [-0.2, -0.15) is 0 Å². The maximum Gasteiger partial charge on any atom is 0.125 e. The Morgan fingerprint density at radius 1 is 0.652 bits per heavy atom. The van der Waals surface area contributed by atoms with E-state index < -0.39 is 0 Å². The topological polar surface area (TPSA) is 27.7 Å². The number of hydrogen-bond acceptors (Lipinski definition) is 3. The van der Waals surface area contributed by atoms with Crippen LogP contribution in [0.1, 0.15) is 22.3 Å². The summed E-state index contributed by atoms with van der Waals surface area (Å²) in [7, 11) is 3.40. The van der Waals surface area contributed by atoms with Gasteiger partial charge in [0.2, 0.25) is 0 Å². The Hall–Kier alpha value is -2.00. The van der Waals surface area contributed by atoms with E-state index in [2.05, 4.69) is 52.0 Å². The molecular weight excluding hydrogens is 288 g/mol. The summed E-state index contributed by atoms with van der Waals surface area (Å²) in [6, 6.07) is 8.70. The SMILES string of the molecule is COCCOc1c(C)cc(-c2cc(C)c(OC)c(C)c2)cc1C. The molecule has 0 radical (unpaired) electrons. The lowest BCUT2D eigenvalue weighted by Crippen LogP contribution is -2.06. The van der Waals surface area contributed by atoms with Crippen molar-refractivity contribution in [1.82, 2.24) is 0 Å². The van der Waals surface area contributed by atoms with Crippen LogP contribution in [-0.2, 0) is 4.74 Å². The summed E-state index contributed by atoms with van der Waals surface area (Å²) < 4.78 is 16.3. The third-order valence-electron chi connectivity index (χ3n) is 3.99. The van der Waals surface area contributed by atoms with Crippen molar-refractivity contribution in [2.75, 3.05) is 27.4 Å². The number of hydrogen-bond donors (Lipinski definition) is 0. The summed E-state index contributed by atoms with van der Waals surface area (Å²) in [6.07, 6.45) is 0. The second kappa shape index (κ2) is 7.51. The Morgan fingerprint density at radius 2 is 1.09 bits per heavy atom. The van der Waals surface area contributed by atoms with Gasteiger partial charge in [-0.15, -0.1) is 0 Å². The maximum absolute atomic E-state index is 5.84. The molecule has 2 aromatic carbocycles. The van der Waals surface area contributed by atoms with Crippen LogP contribution in [0.2, 0.25) is 0 Å². The van der Waals surface area contributed by atoms with E-state index in [0.29, 0.717) is 13.2 Å². The molecule has 0 N–H and O–H groups in total. The molecule has 0 heterocycles. The monoisotopic (exact) mass is 314 g/mol. The molecule has 0 atom stereocenters. The molecule has 0 aliphatic carbocycles. The minimum absolute atomic E-state index is 0.568. The molecule has 3 nitrogen and oxygen atoms in total. The van der Waals surface area contributed by atoms with E-state index >= 15 is 0 Å². The second-order valence-corrected chi connectivity index (χ2v) is 5.92. The van der Waals surface area contributed by atoms with Crippen molar-refractivity contribution in [3.8, 4) is 22.6 Å². The van der Waals surface area contributed by atoms with Gasteiger partial charge in [0.25, 0.3) is 0 Å². The fraction of sp³-hybridized carbons (Fsp3) is 0.400. The minimum Gasteiger partial charge on any atom is -0.496 e. The van der Waals surface area contributed by atoms with E-state index in [9.17, 15) is 0 Å². The number of rotatable bonds is 6. The van der Waals surface area contributed by atoms with Gasteiger partial charge in [0.15, 0.2) is 0 Å². The van der Waals surface area contributed by atoms with E-state index in [-0.39, 0.29) is 0 Å². The maximum atomic E-state index is 5.84. The molecule has 0 fully saturated rings. The molecular formula is C20H26O3. The minimum atomic E-state index is 0.568. The Balaban J connectivity index is 2.38. The van der Waals surface area contributed by atoms with Crippen LogP contribution >= 0.6 is 0 Å². The summed E-state index contributed by atoms with van der Waals surface area (Å²) in [5.41, 5.74) is 6.99. The molecule has 124 valence electrons. The van der Waals surface area contributed by atoms with E-state index in [1.165, 1.54) is 11.1 Å². The van der Waals surface area contributed by atoms with E-state index in [4.69, 9.17) is 14.2 Å². The van der Waals surface area contributed by atoms with Crippen molar-refractivity contribution in [2.45, 2.75) is 27.7 Å². The molecule has 3 heteroatoms. The van der Waals surface area contributed by atoms with E-state index in [0.717, 1.165) is 33.8 Å². The Kier molecular flexibility index (Phi) is 5.67. The zero-order valence-corrected chi connectivity index (χ0v) is 14.9. The third kappa shape index (κ3) is 3.85. The molecule has 0 aliphatic rings. The van der Waals surface area contributed by atoms with Crippen LogP contribution in [0.25, 0.3) is 11.1 Å². The molecule has 0 aliphatic heterocycles. The lowest BCUT2D eigenvalue weighted by atomic mass is 9.96. The predicted molar refractivity (Wildman–Crippen MR) is 94.7 cm³/mol. The highest BCUT2D eigenvalue weighted by Gasteiger charge is 2.11. The molecule has 0 amide bonds. The van der Waals surface area contributed by atoms with Gasteiger partial charge in [-0.1, -0.05) is 0 Å². The normalized spacial score (nSPS) is 10.7. The van der Waals surface area contributed by atoms with Crippen LogP contribution < -0.4 is 9.47 Å². The summed E-state index contributed by atoms with van der Waals surface area (Å²) in [5, 5.41) is 0. The van der Waals surface area contributed by atoms with Crippen molar-refractivity contribution < 1.29 is 14.2 Å². The van der Waals surface area contributed by atoms with Gasteiger partial charge in [0, 0.05) is 7.11 Å². The second-order valence-electron chi connectivity index (χ2n) is 5.92. The molecule has 2 aromatic rings. The quantitative estimate of drug-likeness (QED) is 0.728. The fourth-order valence-corrected chi connectivity index (χ4v) is 3.01. The molecule has 0 saturated carbocycles. The van der Waals surface area contributed by atoms with Gasteiger partial charge in [0.05, 0.1) is 13.7 Å². The van der Waals surface area contributed by atoms with Crippen LogP contribution in [0.5, 0.6) is 11.5 Å². The van der Waals surface area contributed by atoms with Gasteiger partial charge in [-0.05, 0) is 85.3 Å². The van der Waals surface area contributed by atoms with Gasteiger partial charge in [-0.25, -0.2) is 0 Å². The highest BCUT2D eigenvalue weighted by atomic mass is 16.5. The van der Waals surface area contributed by atoms with Crippen molar-refractivity contribution in [2.24, 2.45) is 0 Å². The number of aryl methyl sites for hydroxylation is 4. The average Bonchev–Trinajstić information content (AvgIpc) is 2.49. The van der Waals surface area contributed by atoms with Crippen molar-refractivity contribution in [1.29, 1.82) is 0 Å². The highest BCUT2D eigenvalue weighted by Crippen LogP contribution is 2.34. The zero-order valence-electron chi connectivity index (χ0n) is 14.9. The lowest BCUT2D eigenvalue weighted by molar-refractivity contribution is 0.145. The van der Waals surface area contributed by atoms with Gasteiger partial charge < -0.3 is 14.2 Å². The predicted octanol–water partition coefficient (Wildman–Crippen LogP) is 4.62. The van der Waals surface area contributed by atoms with Crippen LogP contribution in [0.15, 0.2) is 24.3 Å². The first kappa shape index (κ1) is 17.4. The molecule has 23 heavy (non-hydrogen) atoms. The fourth-order valence-electron chi connectivity index (χ4n) is 3.01. The largest absolute Gasteiger partial charge is 0.496 e. The Bertz CT molecular complexity index is 643. The van der Waals surface area contributed by atoms with Crippen LogP contribution in [-0.4, -0.2) is 27.4 Å². The molecule has 2 rings (SSSR count). The van der Waals surface area contributed by atoms with Gasteiger partial charge in [-0.3, -0.25) is 0 Å². The summed E-state index contributed by atoms with van der Waals surface area (Å²) in [6.45, 7) is 9.49. The number of ether oxygens (including phenoxy) is 3. The highest BCUT2D eigenvalue weighted by molar-refractivity contribution is 5.70. The lowest BCUT2D eigenvalue weighted by Gasteiger charge is -2.16. The first-order chi connectivity index (χ1) is 11.0. The van der Waals surface area contributed by atoms with Crippen molar-refractivity contribution in [3.05, 3.63) is 46.5 Å². The third-order valence-corrected chi connectivity index (χ3v) is 3.99. The first-order valence-corrected chi connectivity index (χ1v) is 7.86. The Morgan fingerprint density at radius 3 is 1.48 bits per heavy atom.